The Bertz CT molecular complexity index is 3600. The van der Waals surface area contributed by atoms with Crippen molar-refractivity contribution in [2.24, 2.45) is 0 Å². The van der Waals surface area contributed by atoms with Gasteiger partial charge in [0.05, 0.1) is 22.4 Å². The van der Waals surface area contributed by atoms with Crippen molar-refractivity contribution in [2.45, 2.75) is 0 Å². The number of hydrogen-bond acceptors (Lipinski definition) is 2. The van der Waals surface area contributed by atoms with E-state index < -0.39 is 0 Å². The van der Waals surface area contributed by atoms with Crippen LogP contribution >= 0.6 is 0 Å². The third-order valence-corrected chi connectivity index (χ3v) is 12.2. The largest absolute Gasteiger partial charge is 0.454 e. The van der Waals surface area contributed by atoms with E-state index >= 15 is 0 Å². The van der Waals surface area contributed by atoms with Crippen molar-refractivity contribution in [3.05, 3.63) is 231 Å². The quantitative estimate of drug-likeness (QED) is 0.161. The minimum Gasteiger partial charge on any atom is -0.454 e. The summed E-state index contributed by atoms with van der Waals surface area (Å²) in [5.41, 5.74) is 15.3. The van der Waals surface area contributed by atoms with E-state index in [1.165, 1.54) is 38.2 Å². The van der Waals surface area contributed by atoms with Gasteiger partial charge >= 0.3 is 0 Å². The van der Waals surface area contributed by atoms with E-state index in [0.29, 0.717) is 0 Å². The van der Waals surface area contributed by atoms with E-state index in [1.807, 2.05) is 6.07 Å². The molecule has 0 fully saturated rings. The number of aromatic nitrogens is 1. The molecule has 2 heterocycles. The van der Waals surface area contributed by atoms with Crippen molar-refractivity contribution >= 4 is 71.6 Å². The van der Waals surface area contributed by atoms with Crippen LogP contribution in [-0.2, 0) is 0 Å². The Balaban J connectivity index is 1.07. The molecule has 0 aliphatic rings. The molecular weight excluding hydrogens is 741 g/mol. The standard InChI is InChI=1S/C58H38N2O/c1-2-15-39(16-3-1)41-33-35-45(36-34-41)59(46-20-12-19-43(38-46)44-32-31-40-17-4-5-18-42(40)37-44)52-26-9-6-21-47(52)49-24-13-28-54-57(49)51-23-7-10-27-53(51)60(54)55-29-14-25-50-48-22-8-11-30-56(48)61-58(50)55/h1-38H. The first-order valence-corrected chi connectivity index (χ1v) is 20.8. The van der Waals surface area contributed by atoms with Crippen LogP contribution in [0.15, 0.2) is 235 Å². The maximum absolute atomic E-state index is 6.64. The second kappa shape index (κ2) is 14.3. The molecule has 0 amide bonds. The Morgan fingerprint density at radius 1 is 0.361 bits per heavy atom. The number of benzene rings is 10. The number of fused-ring (bicyclic) bond motifs is 7. The van der Waals surface area contributed by atoms with E-state index in [9.17, 15) is 0 Å². The molecule has 0 spiro atoms. The van der Waals surface area contributed by atoms with Gasteiger partial charge in [-0.2, -0.15) is 0 Å². The zero-order valence-corrected chi connectivity index (χ0v) is 33.2. The smallest absolute Gasteiger partial charge is 0.159 e. The molecular formula is C58H38N2O. The normalized spacial score (nSPS) is 11.6. The van der Waals surface area contributed by atoms with Gasteiger partial charge in [-0.25, -0.2) is 0 Å². The highest BCUT2D eigenvalue weighted by molar-refractivity contribution is 6.18. The number of nitrogens with zero attached hydrogens (tertiary/aromatic N) is 2. The van der Waals surface area contributed by atoms with E-state index in [-0.39, 0.29) is 0 Å². The Morgan fingerprint density at radius 2 is 0.984 bits per heavy atom. The Hall–Kier alpha value is -8.14. The minimum atomic E-state index is 0.883. The van der Waals surface area contributed by atoms with Gasteiger partial charge in [0.2, 0.25) is 0 Å². The molecule has 61 heavy (non-hydrogen) atoms. The number of rotatable bonds is 7. The predicted molar refractivity (Wildman–Crippen MR) is 257 cm³/mol. The third-order valence-electron chi connectivity index (χ3n) is 12.2. The molecule has 0 bridgehead atoms. The molecule has 12 aromatic rings. The predicted octanol–water partition coefficient (Wildman–Crippen LogP) is 16.3. The first-order valence-electron chi connectivity index (χ1n) is 20.8. The summed E-state index contributed by atoms with van der Waals surface area (Å²) in [6.07, 6.45) is 0. The summed E-state index contributed by atoms with van der Waals surface area (Å²) in [6, 6.07) is 83.0. The van der Waals surface area contributed by atoms with Crippen molar-refractivity contribution in [1.29, 1.82) is 0 Å². The molecule has 12 rings (SSSR count). The van der Waals surface area contributed by atoms with Gasteiger partial charge in [0.15, 0.2) is 5.58 Å². The number of hydrogen-bond donors (Lipinski definition) is 0. The molecule has 3 heteroatoms. The van der Waals surface area contributed by atoms with Crippen molar-refractivity contribution < 1.29 is 4.42 Å². The molecule has 0 N–H and O–H groups in total. The monoisotopic (exact) mass is 778 g/mol. The average molecular weight is 779 g/mol. The van der Waals surface area contributed by atoms with Gasteiger partial charge in [-0.3, -0.25) is 0 Å². The van der Waals surface area contributed by atoms with Crippen LogP contribution in [0.4, 0.5) is 17.1 Å². The molecule has 0 radical (unpaired) electrons. The highest BCUT2D eigenvalue weighted by Gasteiger charge is 2.23. The molecule has 3 nitrogen and oxygen atoms in total. The first-order chi connectivity index (χ1) is 30.3. The summed E-state index contributed by atoms with van der Waals surface area (Å²) in [5.74, 6) is 0. The highest BCUT2D eigenvalue weighted by atomic mass is 16.3. The second-order valence-corrected chi connectivity index (χ2v) is 15.7. The maximum atomic E-state index is 6.64. The Morgan fingerprint density at radius 3 is 1.89 bits per heavy atom. The van der Waals surface area contributed by atoms with Gasteiger partial charge in [-0.1, -0.05) is 170 Å². The molecule has 10 aromatic carbocycles. The van der Waals surface area contributed by atoms with Crippen molar-refractivity contribution in [3.63, 3.8) is 0 Å². The average Bonchev–Trinajstić information content (AvgIpc) is 3.89. The van der Waals surface area contributed by atoms with Crippen LogP contribution in [-0.4, -0.2) is 4.57 Å². The van der Waals surface area contributed by atoms with Gasteiger partial charge in [0, 0.05) is 38.5 Å². The van der Waals surface area contributed by atoms with Gasteiger partial charge in [-0.05, 0) is 99.3 Å². The fraction of sp³-hybridized carbons (Fsp3) is 0. The zero-order valence-electron chi connectivity index (χ0n) is 33.2. The second-order valence-electron chi connectivity index (χ2n) is 15.7. The van der Waals surface area contributed by atoms with Crippen molar-refractivity contribution in [1.82, 2.24) is 4.57 Å². The van der Waals surface area contributed by atoms with Crippen LogP contribution in [0.25, 0.3) is 93.6 Å². The lowest BCUT2D eigenvalue weighted by Crippen LogP contribution is -2.11. The molecule has 0 saturated heterocycles. The molecule has 2 aromatic heterocycles. The topological polar surface area (TPSA) is 21.3 Å². The van der Waals surface area contributed by atoms with E-state index in [2.05, 4.69) is 234 Å². The lowest BCUT2D eigenvalue weighted by molar-refractivity contribution is 0.666. The molecule has 0 atom stereocenters. The summed E-state index contributed by atoms with van der Waals surface area (Å²) in [4.78, 5) is 2.42. The summed E-state index contributed by atoms with van der Waals surface area (Å²) in [6.45, 7) is 0. The van der Waals surface area contributed by atoms with E-state index in [4.69, 9.17) is 4.42 Å². The molecule has 286 valence electrons. The van der Waals surface area contributed by atoms with Gasteiger partial charge in [0.25, 0.3) is 0 Å². The Kier molecular flexibility index (Phi) is 8.17. The van der Waals surface area contributed by atoms with E-state index in [0.717, 1.165) is 72.4 Å². The fourth-order valence-electron chi connectivity index (χ4n) is 9.36. The van der Waals surface area contributed by atoms with Crippen molar-refractivity contribution in [3.8, 4) is 39.1 Å². The van der Waals surface area contributed by atoms with Gasteiger partial charge in [0.1, 0.15) is 5.58 Å². The summed E-state index contributed by atoms with van der Waals surface area (Å²) < 4.78 is 9.02. The highest BCUT2D eigenvalue weighted by Crippen LogP contribution is 2.47. The summed E-state index contributed by atoms with van der Waals surface area (Å²) in [7, 11) is 0. The molecule has 0 aliphatic heterocycles. The summed E-state index contributed by atoms with van der Waals surface area (Å²) in [5, 5.41) is 7.09. The first kappa shape index (κ1) is 34.9. The molecule has 0 saturated carbocycles. The lowest BCUT2D eigenvalue weighted by Gasteiger charge is -2.28. The Labute approximate surface area is 353 Å². The minimum absolute atomic E-state index is 0.883. The number of anilines is 3. The van der Waals surface area contributed by atoms with Crippen LogP contribution in [0.3, 0.4) is 0 Å². The molecule has 0 aliphatic carbocycles. The van der Waals surface area contributed by atoms with Crippen LogP contribution < -0.4 is 4.90 Å². The fourth-order valence-corrected chi connectivity index (χ4v) is 9.36. The summed E-state index contributed by atoms with van der Waals surface area (Å²) >= 11 is 0. The van der Waals surface area contributed by atoms with Crippen LogP contribution in [0.1, 0.15) is 0 Å². The number of furan rings is 1. The van der Waals surface area contributed by atoms with Crippen LogP contribution in [0.2, 0.25) is 0 Å². The number of para-hydroxylation sites is 4. The third kappa shape index (κ3) is 5.82. The van der Waals surface area contributed by atoms with Crippen molar-refractivity contribution in [2.75, 3.05) is 4.90 Å². The van der Waals surface area contributed by atoms with Crippen LogP contribution in [0, 0.1) is 0 Å². The molecule has 0 unspecified atom stereocenters. The zero-order chi connectivity index (χ0) is 40.3. The SMILES string of the molecule is c1ccc(-c2ccc(N(c3cccc(-c4ccc5ccccc5c4)c3)c3ccccc3-c3cccc4c3c3ccccc3n4-c3cccc4c3oc3ccccc34)cc2)cc1. The van der Waals surface area contributed by atoms with Crippen LogP contribution in [0.5, 0.6) is 0 Å². The lowest BCUT2D eigenvalue weighted by atomic mass is 9.96. The van der Waals surface area contributed by atoms with Gasteiger partial charge in [-0.15, -0.1) is 0 Å². The van der Waals surface area contributed by atoms with Gasteiger partial charge < -0.3 is 13.9 Å². The maximum Gasteiger partial charge on any atom is 0.159 e. The van der Waals surface area contributed by atoms with E-state index in [1.54, 1.807) is 0 Å².